The van der Waals surface area contributed by atoms with Crippen molar-refractivity contribution >= 4 is 17.7 Å². The average Bonchev–Trinajstić information content (AvgIpc) is 2.95. The maximum atomic E-state index is 13.4. The molecule has 0 aliphatic heterocycles. The summed E-state index contributed by atoms with van der Waals surface area (Å²) in [5, 5.41) is 12.0. The van der Waals surface area contributed by atoms with Gasteiger partial charge in [-0.25, -0.2) is 4.39 Å². The van der Waals surface area contributed by atoms with Gasteiger partial charge in [0.15, 0.2) is 11.0 Å². The number of hydrogen-bond donors (Lipinski definition) is 1. The van der Waals surface area contributed by atoms with Gasteiger partial charge in [-0.05, 0) is 25.0 Å². The van der Waals surface area contributed by atoms with Crippen LogP contribution in [0.4, 0.5) is 4.39 Å². The molecule has 0 unspecified atom stereocenters. The molecule has 0 spiro atoms. The van der Waals surface area contributed by atoms with Gasteiger partial charge in [-0.2, -0.15) is 0 Å². The molecule has 1 aliphatic rings. The monoisotopic (exact) mass is 348 g/mol. The molecule has 1 aromatic heterocycles. The molecule has 128 valence electrons. The van der Waals surface area contributed by atoms with Gasteiger partial charge in [-0.3, -0.25) is 4.79 Å². The van der Waals surface area contributed by atoms with Crippen LogP contribution in [0.1, 0.15) is 32.1 Å². The second-order valence-electron chi connectivity index (χ2n) is 6.07. The lowest BCUT2D eigenvalue weighted by Crippen LogP contribution is -2.37. The molecule has 0 saturated heterocycles. The van der Waals surface area contributed by atoms with Crippen LogP contribution in [0.3, 0.4) is 0 Å². The Hall–Kier alpha value is -1.89. The number of amides is 1. The molecule has 1 saturated carbocycles. The molecule has 5 nitrogen and oxygen atoms in total. The largest absolute Gasteiger partial charge is 0.353 e. The maximum Gasteiger partial charge on any atom is 0.230 e. The highest BCUT2D eigenvalue weighted by Gasteiger charge is 2.17. The molecule has 1 heterocycles. The lowest BCUT2D eigenvalue weighted by atomic mass is 9.95. The van der Waals surface area contributed by atoms with E-state index in [-0.39, 0.29) is 11.7 Å². The summed E-state index contributed by atoms with van der Waals surface area (Å²) in [5.74, 6) is 0.620. The van der Waals surface area contributed by atoms with Crippen LogP contribution in [0.15, 0.2) is 29.4 Å². The van der Waals surface area contributed by atoms with Crippen LogP contribution in [0.2, 0.25) is 0 Å². The molecule has 7 heteroatoms. The Bertz CT molecular complexity index is 712. The minimum absolute atomic E-state index is 0.0298. The summed E-state index contributed by atoms with van der Waals surface area (Å²) >= 11 is 1.35. The second-order valence-corrected chi connectivity index (χ2v) is 7.01. The molecule has 0 radical (unpaired) electrons. The number of rotatable bonds is 5. The smallest absolute Gasteiger partial charge is 0.230 e. The Morgan fingerprint density at radius 3 is 2.88 bits per heavy atom. The van der Waals surface area contributed by atoms with Crippen LogP contribution in [-0.2, 0) is 11.8 Å². The Morgan fingerprint density at radius 1 is 1.33 bits per heavy atom. The summed E-state index contributed by atoms with van der Waals surface area (Å²) in [6.45, 7) is 0. The summed E-state index contributed by atoms with van der Waals surface area (Å²) in [6.07, 6.45) is 5.80. The molecular weight excluding hydrogens is 327 g/mol. The van der Waals surface area contributed by atoms with Crippen molar-refractivity contribution < 1.29 is 9.18 Å². The molecule has 2 aromatic rings. The quantitative estimate of drug-likeness (QED) is 0.843. The number of halogens is 1. The van der Waals surface area contributed by atoms with Gasteiger partial charge in [0.2, 0.25) is 5.91 Å². The van der Waals surface area contributed by atoms with E-state index in [0.29, 0.717) is 28.3 Å². The molecule has 24 heavy (non-hydrogen) atoms. The van der Waals surface area contributed by atoms with Crippen molar-refractivity contribution in [1.82, 2.24) is 20.1 Å². The zero-order valence-electron chi connectivity index (χ0n) is 13.7. The van der Waals surface area contributed by atoms with Gasteiger partial charge in [0.25, 0.3) is 0 Å². The minimum atomic E-state index is -0.309. The van der Waals surface area contributed by atoms with E-state index in [9.17, 15) is 9.18 Å². The zero-order chi connectivity index (χ0) is 16.9. The van der Waals surface area contributed by atoms with E-state index in [4.69, 9.17) is 0 Å². The lowest BCUT2D eigenvalue weighted by Gasteiger charge is -2.22. The fourth-order valence-corrected chi connectivity index (χ4v) is 3.69. The van der Waals surface area contributed by atoms with Gasteiger partial charge >= 0.3 is 0 Å². The molecule has 0 bridgehead atoms. The number of nitrogens with zero attached hydrogens (tertiary/aromatic N) is 3. The summed E-state index contributed by atoms with van der Waals surface area (Å²) in [6, 6.07) is 6.56. The molecule has 1 fully saturated rings. The molecule has 1 aliphatic carbocycles. The van der Waals surface area contributed by atoms with E-state index in [0.717, 1.165) is 12.8 Å². The van der Waals surface area contributed by atoms with E-state index >= 15 is 0 Å². The highest BCUT2D eigenvalue weighted by Crippen LogP contribution is 2.23. The summed E-state index contributed by atoms with van der Waals surface area (Å²) in [4.78, 5) is 12.1. The number of carbonyl (C=O) groups is 1. The number of hydrogen-bond acceptors (Lipinski definition) is 4. The van der Waals surface area contributed by atoms with E-state index in [1.807, 2.05) is 7.05 Å². The Balaban J connectivity index is 1.59. The Labute approximate surface area is 145 Å². The first-order valence-corrected chi connectivity index (χ1v) is 9.19. The topological polar surface area (TPSA) is 59.8 Å². The van der Waals surface area contributed by atoms with Gasteiger partial charge in [0, 0.05) is 18.7 Å². The van der Waals surface area contributed by atoms with Crippen LogP contribution in [0.25, 0.3) is 11.4 Å². The van der Waals surface area contributed by atoms with Crippen molar-refractivity contribution in [3.63, 3.8) is 0 Å². The molecule has 1 N–H and O–H groups in total. The average molecular weight is 348 g/mol. The molecular formula is C17H21FN4OS. The second kappa shape index (κ2) is 7.79. The van der Waals surface area contributed by atoms with Crippen LogP contribution in [0.5, 0.6) is 0 Å². The van der Waals surface area contributed by atoms with E-state index < -0.39 is 0 Å². The summed E-state index contributed by atoms with van der Waals surface area (Å²) in [7, 11) is 1.82. The standard InChI is InChI=1S/C17H21FN4OS/c1-22-16(12-6-5-7-13(18)10-12)20-21-17(22)24-11-15(23)19-14-8-3-2-4-9-14/h5-7,10,14H,2-4,8-9,11H2,1H3,(H,19,23). The van der Waals surface area contributed by atoms with Crippen LogP contribution < -0.4 is 5.32 Å². The van der Waals surface area contributed by atoms with E-state index in [1.54, 1.807) is 16.7 Å². The number of carbonyl (C=O) groups excluding carboxylic acids is 1. The molecule has 0 atom stereocenters. The van der Waals surface area contributed by atoms with Crippen molar-refractivity contribution in [3.8, 4) is 11.4 Å². The third kappa shape index (κ3) is 4.14. The predicted molar refractivity (Wildman–Crippen MR) is 92.1 cm³/mol. The van der Waals surface area contributed by atoms with Crippen LogP contribution in [-0.4, -0.2) is 32.5 Å². The highest BCUT2D eigenvalue weighted by atomic mass is 32.2. The van der Waals surface area contributed by atoms with Crippen LogP contribution in [0, 0.1) is 5.82 Å². The fraction of sp³-hybridized carbons (Fsp3) is 0.471. The summed E-state index contributed by atoms with van der Waals surface area (Å²) < 4.78 is 15.1. The first-order chi connectivity index (χ1) is 11.6. The maximum absolute atomic E-state index is 13.4. The van der Waals surface area contributed by atoms with Crippen molar-refractivity contribution in [2.24, 2.45) is 7.05 Å². The lowest BCUT2D eigenvalue weighted by molar-refractivity contribution is -0.119. The third-order valence-corrected chi connectivity index (χ3v) is 5.24. The highest BCUT2D eigenvalue weighted by molar-refractivity contribution is 7.99. The number of nitrogens with one attached hydrogen (secondary N) is 1. The Morgan fingerprint density at radius 2 is 2.12 bits per heavy atom. The third-order valence-electron chi connectivity index (χ3n) is 4.22. The number of thioether (sulfide) groups is 1. The first-order valence-electron chi connectivity index (χ1n) is 8.21. The van der Waals surface area contributed by atoms with Gasteiger partial charge in [0.1, 0.15) is 5.82 Å². The fourth-order valence-electron chi connectivity index (χ4n) is 2.97. The van der Waals surface area contributed by atoms with Crippen molar-refractivity contribution in [2.45, 2.75) is 43.3 Å². The van der Waals surface area contributed by atoms with Gasteiger partial charge in [-0.15, -0.1) is 10.2 Å². The minimum Gasteiger partial charge on any atom is -0.353 e. The van der Waals surface area contributed by atoms with Gasteiger partial charge in [0.05, 0.1) is 5.75 Å². The van der Waals surface area contributed by atoms with Gasteiger partial charge < -0.3 is 9.88 Å². The molecule has 1 amide bonds. The molecule has 3 rings (SSSR count). The molecule has 1 aromatic carbocycles. The number of aromatic nitrogens is 3. The van der Waals surface area contributed by atoms with Crippen molar-refractivity contribution in [3.05, 3.63) is 30.1 Å². The summed E-state index contributed by atoms with van der Waals surface area (Å²) in [5.41, 5.74) is 0.670. The van der Waals surface area contributed by atoms with Crippen LogP contribution >= 0.6 is 11.8 Å². The zero-order valence-corrected chi connectivity index (χ0v) is 14.5. The SMILES string of the molecule is Cn1c(SCC(=O)NC2CCCCC2)nnc1-c1cccc(F)c1. The number of benzene rings is 1. The van der Waals surface area contributed by atoms with Crippen molar-refractivity contribution in [1.29, 1.82) is 0 Å². The van der Waals surface area contributed by atoms with E-state index in [1.165, 1.54) is 43.2 Å². The predicted octanol–water partition coefficient (Wildman–Crippen LogP) is 3.16. The first kappa shape index (κ1) is 17.0. The van der Waals surface area contributed by atoms with Gasteiger partial charge in [-0.1, -0.05) is 43.2 Å². The Kier molecular flexibility index (Phi) is 5.50. The normalized spacial score (nSPS) is 15.4. The van der Waals surface area contributed by atoms with Crippen molar-refractivity contribution in [2.75, 3.05) is 5.75 Å². The van der Waals surface area contributed by atoms with E-state index in [2.05, 4.69) is 15.5 Å².